The molecule has 0 saturated carbocycles. The smallest absolute Gasteiger partial charge is 0.0700 e. The minimum Gasteiger partial charge on any atom is -0.379 e. The predicted octanol–water partition coefficient (Wildman–Crippen LogP) is 2.99. The second-order valence-electron chi connectivity index (χ2n) is 4.53. The Morgan fingerprint density at radius 1 is 0.882 bits per heavy atom. The van der Waals surface area contributed by atoms with Gasteiger partial charge < -0.3 is 14.8 Å². The summed E-state index contributed by atoms with van der Waals surface area (Å²) in [5.74, 6) is 0. The fraction of sp³-hybridized carbons (Fsp3) is 1.00. The minimum absolute atomic E-state index is 0.636. The molecule has 0 rings (SSSR count). The summed E-state index contributed by atoms with van der Waals surface area (Å²) >= 11 is 0. The van der Waals surface area contributed by atoms with Crippen LogP contribution in [0.2, 0.25) is 0 Å². The van der Waals surface area contributed by atoms with Gasteiger partial charge in [-0.25, -0.2) is 0 Å². The fourth-order valence-electron chi connectivity index (χ4n) is 1.67. The molecular weight excluding hydrogens is 214 g/mol. The molecule has 1 N–H and O–H groups in total. The molecule has 3 nitrogen and oxygen atoms in total. The molecule has 0 aromatic rings. The first-order valence-corrected chi connectivity index (χ1v) is 7.20. The van der Waals surface area contributed by atoms with Gasteiger partial charge in [0.25, 0.3) is 0 Å². The molecule has 0 aromatic heterocycles. The lowest BCUT2D eigenvalue weighted by Gasteiger charge is -2.11. The number of ether oxygens (including phenoxy) is 2. The van der Waals surface area contributed by atoms with Crippen molar-refractivity contribution >= 4 is 0 Å². The van der Waals surface area contributed by atoms with Gasteiger partial charge in [-0.1, -0.05) is 20.3 Å². The Morgan fingerprint density at radius 3 is 2.12 bits per heavy atom. The fourth-order valence-corrected chi connectivity index (χ4v) is 1.67. The Kier molecular flexibility index (Phi) is 13.8. The maximum absolute atomic E-state index is 5.51. The second kappa shape index (κ2) is 13.9. The molecule has 0 bridgehead atoms. The first kappa shape index (κ1) is 16.9. The van der Waals surface area contributed by atoms with E-state index in [4.69, 9.17) is 9.47 Å². The largest absolute Gasteiger partial charge is 0.379 e. The van der Waals surface area contributed by atoms with Crippen LogP contribution in [-0.2, 0) is 9.47 Å². The lowest BCUT2D eigenvalue weighted by atomic mass is 10.1. The summed E-state index contributed by atoms with van der Waals surface area (Å²) in [4.78, 5) is 0. The van der Waals surface area contributed by atoms with E-state index in [-0.39, 0.29) is 0 Å². The van der Waals surface area contributed by atoms with Gasteiger partial charge in [0, 0.05) is 19.3 Å². The SMILES string of the molecule is CCCCOCCOCCCCC(C)NCC. The molecule has 1 unspecified atom stereocenters. The third-order valence-corrected chi connectivity index (χ3v) is 2.74. The van der Waals surface area contributed by atoms with Crippen LogP contribution in [0.5, 0.6) is 0 Å². The Labute approximate surface area is 107 Å². The van der Waals surface area contributed by atoms with Crippen LogP contribution in [0.15, 0.2) is 0 Å². The number of hydrogen-bond donors (Lipinski definition) is 1. The van der Waals surface area contributed by atoms with Gasteiger partial charge in [-0.05, 0) is 39.2 Å². The second-order valence-corrected chi connectivity index (χ2v) is 4.53. The summed E-state index contributed by atoms with van der Waals surface area (Å²) in [7, 11) is 0. The minimum atomic E-state index is 0.636. The van der Waals surface area contributed by atoms with Crippen molar-refractivity contribution < 1.29 is 9.47 Å². The first-order valence-electron chi connectivity index (χ1n) is 7.20. The molecule has 0 radical (unpaired) electrons. The number of rotatable bonds is 13. The summed E-state index contributed by atoms with van der Waals surface area (Å²) in [6.07, 6.45) is 5.99. The van der Waals surface area contributed by atoms with Crippen LogP contribution < -0.4 is 5.32 Å². The molecule has 104 valence electrons. The zero-order chi connectivity index (χ0) is 12.8. The molecule has 1 atom stereocenters. The molecule has 0 aliphatic heterocycles. The molecule has 0 spiro atoms. The van der Waals surface area contributed by atoms with Gasteiger partial charge in [0.05, 0.1) is 13.2 Å². The number of hydrogen-bond acceptors (Lipinski definition) is 3. The normalized spacial score (nSPS) is 12.9. The van der Waals surface area contributed by atoms with Crippen molar-refractivity contribution in [2.24, 2.45) is 0 Å². The van der Waals surface area contributed by atoms with Gasteiger partial charge in [0.2, 0.25) is 0 Å². The molecule has 0 aliphatic carbocycles. The molecule has 0 fully saturated rings. The van der Waals surface area contributed by atoms with Crippen LogP contribution in [-0.4, -0.2) is 39.0 Å². The van der Waals surface area contributed by atoms with E-state index in [2.05, 4.69) is 26.1 Å². The highest BCUT2D eigenvalue weighted by Crippen LogP contribution is 2.00. The maximum atomic E-state index is 5.51. The predicted molar refractivity (Wildman–Crippen MR) is 73.5 cm³/mol. The van der Waals surface area contributed by atoms with Crippen molar-refractivity contribution in [3.63, 3.8) is 0 Å². The molecule has 3 heteroatoms. The third kappa shape index (κ3) is 13.8. The van der Waals surface area contributed by atoms with Crippen molar-refractivity contribution in [2.45, 2.75) is 58.9 Å². The van der Waals surface area contributed by atoms with Crippen LogP contribution in [0.3, 0.4) is 0 Å². The Hall–Kier alpha value is -0.120. The maximum Gasteiger partial charge on any atom is 0.0700 e. The monoisotopic (exact) mass is 245 g/mol. The van der Waals surface area contributed by atoms with E-state index in [1.807, 2.05) is 0 Å². The molecule has 0 amide bonds. The third-order valence-electron chi connectivity index (χ3n) is 2.74. The summed E-state index contributed by atoms with van der Waals surface area (Å²) < 4.78 is 10.9. The Balaban J connectivity index is 2.98. The van der Waals surface area contributed by atoms with E-state index >= 15 is 0 Å². The quantitative estimate of drug-likeness (QED) is 0.506. The average Bonchev–Trinajstić information content (AvgIpc) is 2.32. The summed E-state index contributed by atoms with van der Waals surface area (Å²) in [6, 6.07) is 0.636. The van der Waals surface area contributed by atoms with Crippen LogP contribution in [0.25, 0.3) is 0 Å². The van der Waals surface area contributed by atoms with Gasteiger partial charge in [-0.3, -0.25) is 0 Å². The van der Waals surface area contributed by atoms with Crippen molar-refractivity contribution in [1.82, 2.24) is 5.32 Å². The Morgan fingerprint density at radius 2 is 1.53 bits per heavy atom. The zero-order valence-electron chi connectivity index (χ0n) is 12.0. The van der Waals surface area contributed by atoms with E-state index in [0.29, 0.717) is 6.04 Å². The highest BCUT2D eigenvalue weighted by atomic mass is 16.5. The lowest BCUT2D eigenvalue weighted by Crippen LogP contribution is -2.25. The summed E-state index contributed by atoms with van der Waals surface area (Å²) in [5, 5.41) is 3.42. The van der Waals surface area contributed by atoms with E-state index in [0.717, 1.165) is 45.8 Å². The van der Waals surface area contributed by atoms with Crippen molar-refractivity contribution in [2.75, 3.05) is 33.0 Å². The van der Waals surface area contributed by atoms with Crippen molar-refractivity contribution in [1.29, 1.82) is 0 Å². The van der Waals surface area contributed by atoms with Crippen LogP contribution in [0, 0.1) is 0 Å². The van der Waals surface area contributed by atoms with Gasteiger partial charge in [0.15, 0.2) is 0 Å². The molecule has 0 heterocycles. The van der Waals surface area contributed by atoms with Crippen LogP contribution >= 0.6 is 0 Å². The number of nitrogens with one attached hydrogen (secondary N) is 1. The average molecular weight is 245 g/mol. The lowest BCUT2D eigenvalue weighted by molar-refractivity contribution is 0.0452. The van der Waals surface area contributed by atoms with E-state index in [1.54, 1.807) is 0 Å². The highest BCUT2D eigenvalue weighted by Gasteiger charge is 1.98. The molecule has 0 saturated heterocycles. The molecule has 0 aliphatic rings. The topological polar surface area (TPSA) is 30.5 Å². The standard InChI is InChI=1S/C14H31NO2/c1-4-6-10-16-12-13-17-11-8-7-9-14(3)15-5-2/h14-15H,4-13H2,1-3H3. The van der Waals surface area contributed by atoms with E-state index in [1.165, 1.54) is 19.3 Å². The highest BCUT2D eigenvalue weighted by molar-refractivity contribution is 4.58. The van der Waals surface area contributed by atoms with Gasteiger partial charge in [-0.2, -0.15) is 0 Å². The zero-order valence-corrected chi connectivity index (χ0v) is 12.0. The first-order chi connectivity index (χ1) is 8.31. The molecule has 17 heavy (non-hydrogen) atoms. The van der Waals surface area contributed by atoms with E-state index < -0.39 is 0 Å². The summed E-state index contributed by atoms with van der Waals surface area (Å²) in [6.45, 7) is 10.9. The van der Waals surface area contributed by atoms with Crippen LogP contribution in [0.4, 0.5) is 0 Å². The van der Waals surface area contributed by atoms with Crippen molar-refractivity contribution in [3.8, 4) is 0 Å². The molecule has 0 aromatic carbocycles. The Bertz CT molecular complexity index is 142. The van der Waals surface area contributed by atoms with Gasteiger partial charge in [0.1, 0.15) is 0 Å². The van der Waals surface area contributed by atoms with Crippen molar-refractivity contribution in [3.05, 3.63) is 0 Å². The summed E-state index contributed by atoms with van der Waals surface area (Å²) in [5.41, 5.74) is 0. The van der Waals surface area contributed by atoms with Crippen LogP contribution in [0.1, 0.15) is 52.9 Å². The van der Waals surface area contributed by atoms with Gasteiger partial charge >= 0.3 is 0 Å². The van der Waals surface area contributed by atoms with E-state index in [9.17, 15) is 0 Å². The number of unbranched alkanes of at least 4 members (excludes halogenated alkanes) is 2. The van der Waals surface area contributed by atoms with Gasteiger partial charge in [-0.15, -0.1) is 0 Å². The molecular formula is C14H31NO2.